The van der Waals surface area contributed by atoms with Gasteiger partial charge in [-0.1, -0.05) is 30.3 Å². The molecule has 3 rings (SSSR count). The lowest BCUT2D eigenvalue weighted by molar-refractivity contribution is 0.0940. The lowest BCUT2D eigenvalue weighted by atomic mass is 10.1. The van der Waals surface area contributed by atoms with Crippen molar-refractivity contribution in [1.82, 2.24) is 19.4 Å². The Bertz CT molecular complexity index is 905. The number of carbonyl (C=O) groups is 1. The van der Waals surface area contributed by atoms with Gasteiger partial charge in [0.1, 0.15) is 11.9 Å². The van der Waals surface area contributed by atoms with Crippen LogP contribution < -0.4 is 5.32 Å². The van der Waals surface area contributed by atoms with Gasteiger partial charge in [-0.15, -0.1) is 0 Å². The van der Waals surface area contributed by atoms with Gasteiger partial charge in [0.15, 0.2) is 0 Å². The second-order valence-electron chi connectivity index (χ2n) is 6.96. The topological polar surface area (TPSA) is 51.9 Å². The largest absolute Gasteiger partial charge is 0.346 e. The Labute approximate surface area is 154 Å². The van der Waals surface area contributed by atoms with Crippen LogP contribution in [-0.4, -0.2) is 20.0 Å². The number of amides is 1. The van der Waals surface area contributed by atoms with Crippen LogP contribution >= 0.6 is 0 Å². The minimum atomic E-state index is -0.300. The smallest absolute Gasteiger partial charge is 0.253 e. The summed E-state index contributed by atoms with van der Waals surface area (Å²) in [4.78, 5) is 17.5. The average molecular weight is 350 g/mol. The third-order valence-electron chi connectivity index (χ3n) is 4.77. The maximum atomic E-state index is 13.1. The second-order valence-corrected chi connectivity index (χ2v) is 6.96. The standard InChI is InChI=1S/C21H26N4O/c1-14(2)25-15(3)13-18(16(25)4)21(26)23-19(17-9-7-6-8-10-17)20-22-11-12-24(20)5/h6-14,19H,1-5H3,(H,23,26). The third-order valence-corrected chi connectivity index (χ3v) is 4.77. The molecule has 1 atom stereocenters. The summed E-state index contributed by atoms with van der Waals surface area (Å²) in [6.45, 7) is 8.29. The number of aromatic nitrogens is 3. The Hall–Kier alpha value is -2.82. The lowest BCUT2D eigenvalue weighted by Gasteiger charge is -2.19. The summed E-state index contributed by atoms with van der Waals surface area (Å²) in [5.74, 6) is 0.726. The lowest BCUT2D eigenvalue weighted by Crippen LogP contribution is -2.31. The molecule has 1 amide bonds. The molecule has 0 aliphatic rings. The van der Waals surface area contributed by atoms with Crippen LogP contribution in [0.15, 0.2) is 48.8 Å². The molecule has 5 heteroatoms. The van der Waals surface area contributed by atoms with Crippen molar-refractivity contribution in [2.45, 2.75) is 39.8 Å². The number of aryl methyl sites for hydroxylation is 2. The molecular weight excluding hydrogens is 324 g/mol. The average Bonchev–Trinajstić information content (AvgIpc) is 3.16. The van der Waals surface area contributed by atoms with Crippen molar-refractivity contribution in [2.24, 2.45) is 7.05 Å². The van der Waals surface area contributed by atoms with Crippen molar-refractivity contribution in [3.8, 4) is 0 Å². The Morgan fingerprint density at radius 1 is 1.15 bits per heavy atom. The highest BCUT2D eigenvalue weighted by molar-refractivity contribution is 5.96. The van der Waals surface area contributed by atoms with Gasteiger partial charge < -0.3 is 14.5 Å². The van der Waals surface area contributed by atoms with Crippen molar-refractivity contribution in [2.75, 3.05) is 0 Å². The van der Waals surface area contributed by atoms with Crippen molar-refractivity contribution in [1.29, 1.82) is 0 Å². The third kappa shape index (κ3) is 3.29. The van der Waals surface area contributed by atoms with Gasteiger partial charge in [-0.3, -0.25) is 4.79 Å². The van der Waals surface area contributed by atoms with E-state index in [9.17, 15) is 4.79 Å². The van der Waals surface area contributed by atoms with Gasteiger partial charge in [0.05, 0.1) is 5.56 Å². The van der Waals surface area contributed by atoms with Crippen molar-refractivity contribution >= 4 is 5.91 Å². The summed E-state index contributed by atoms with van der Waals surface area (Å²) in [6, 6.07) is 11.9. The molecule has 0 saturated heterocycles. The molecule has 26 heavy (non-hydrogen) atoms. The van der Waals surface area contributed by atoms with Crippen molar-refractivity contribution < 1.29 is 4.79 Å². The predicted molar refractivity (Wildman–Crippen MR) is 103 cm³/mol. The van der Waals surface area contributed by atoms with Crippen LogP contribution in [0.2, 0.25) is 0 Å². The highest BCUT2D eigenvalue weighted by atomic mass is 16.1. The van der Waals surface area contributed by atoms with E-state index < -0.39 is 0 Å². The van der Waals surface area contributed by atoms with E-state index in [0.29, 0.717) is 11.6 Å². The summed E-state index contributed by atoms with van der Waals surface area (Å²) < 4.78 is 4.13. The number of imidazole rings is 1. The highest BCUT2D eigenvalue weighted by Crippen LogP contribution is 2.24. The van der Waals surface area contributed by atoms with Gasteiger partial charge in [-0.2, -0.15) is 0 Å². The zero-order chi connectivity index (χ0) is 18.8. The number of benzene rings is 1. The van der Waals surface area contributed by atoms with Crippen LogP contribution in [0.1, 0.15) is 59.1 Å². The molecule has 136 valence electrons. The molecule has 2 heterocycles. The second kappa shape index (κ2) is 7.20. The maximum Gasteiger partial charge on any atom is 0.253 e. The van der Waals surface area contributed by atoms with Gasteiger partial charge >= 0.3 is 0 Å². The van der Waals surface area contributed by atoms with Gasteiger partial charge in [0, 0.05) is 36.9 Å². The first kappa shape index (κ1) is 18.0. The Morgan fingerprint density at radius 2 is 1.85 bits per heavy atom. The minimum absolute atomic E-state index is 0.0816. The number of nitrogens with one attached hydrogen (secondary N) is 1. The van der Waals surface area contributed by atoms with Crippen molar-refractivity contribution in [3.05, 3.63) is 77.1 Å². The monoisotopic (exact) mass is 350 g/mol. The molecule has 2 aromatic heterocycles. The summed E-state index contributed by atoms with van der Waals surface area (Å²) >= 11 is 0. The summed E-state index contributed by atoms with van der Waals surface area (Å²) in [5.41, 5.74) is 3.80. The molecule has 0 fully saturated rings. The van der Waals surface area contributed by atoms with Crippen molar-refractivity contribution in [3.63, 3.8) is 0 Å². The van der Waals surface area contributed by atoms with E-state index in [4.69, 9.17) is 0 Å². The molecule has 3 aromatic rings. The fraction of sp³-hybridized carbons (Fsp3) is 0.333. The number of rotatable bonds is 5. The maximum absolute atomic E-state index is 13.1. The zero-order valence-corrected chi connectivity index (χ0v) is 16.0. The van der Waals surface area contributed by atoms with Crippen LogP contribution in [-0.2, 0) is 7.05 Å². The minimum Gasteiger partial charge on any atom is -0.346 e. The molecule has 1 unspecified atom stereocenters. The molecule has 0 bridgehead atoms. The predicted octanol–water partition coefficient (Wildman–Crippen LogP) is 3.94. The van der Waals surface area contributed by atoms with Crippen LogP contribution in [0.5, 0.6) is 0 Å². The fourth-order valence-electron chi connectivity index (χ4n) is 3.61. The van der Waals surface area contributed by atoms with E-state index in [1.807, 2.05) is 68.1 Å². The van der Waals surface area contributed by atoms with E-state index in [-0.39, 0.29) is 11.9 Å². The first-order chi connectivity index (χ1) is 12.4. The molecule has 1 aromatic carbocycles. The molecule has 0 spiro atoms. The zero-order valence-electron chi connectivity index (χ0n) is 16.0. The quantitative estimate of drug-likeness (QED) is 0.758. The van der Waals surface area contributed by atoms with Gasteiger partial charge in [-0.05, 0) is 39.3 Å². The SMILES string of the molecule is Cc1cc(C(=O)NC(c2ccccc2)c2nccn2C)c(C)n1C(C)C. The van der Waals surface area contributed by atoms with Crippen LogP contribution in [0.4, 0.5) is 0 Å². The van der Waals surface area contributed by atoms with E-state index in [0.717, 1.165) is 22.8 Å². The van der Waals surface area contributed by atoms with E-state index in [1.165, 1.54) is 0 Å². The number of hydrogen-bond acceptors (Lipinski definition) is 2. The Morgan fingerprint density at radius 3 is 2.38 bits per heavy atom. The highest BCUT2D eigenvalue weighted by Gasteiger charge is 2.24. The molecular formula is C21H26N4O. The molecule has 0 aliphatic carbocycles. The Balaban J connectivity index is 1.97. The van der Waals surface area contributed by atoms with Gasteiger partial charge in [-0.25, -0.2) is 4.98 Å². The van der Waals surface area contributed by atoms with E-state index in [2.05, 4.69) is 28.7 Å². The van der Waals surface area contributed by atoms with Crippen LogP contribution in [0.3, 0.4) is 0 Å². The summed E-state index contributed by atoms with van der Waals surface area (Å²) in [7, 11) is 1.94. The molecule has 0 aliphatic heterocycles. The molecule has 0 saturated carbocycles. The molecule has 0 radical (unpaired) electrons. The van der Waals surface area contributed by atoms with Crippen LogP contribution in [0, 0.1) is 13.8 Å². The summed E-state index contributed by atoms with van der Waals surface area (Å²) in [5, 5.41) is 3.18. The van der Waals surface area contributed by atoms with E-state index in [1.54, 1.807) is 6.20 Å². The molecule has 1 N–H and O–H groups in total. The molecule has 5 nitrogen and oxygen atoms in total. The number of hydrogen-bond donors (Lipinski definition) is 1. The first-order valence-corrected chi connectivity index (χ1v) is 8.91. The summed E-state index contributed by atoms with van der Waals surface area (Å²) in [6.07, 6.45) is 3.64. The van der Waals surface area contributed by atoms with E-state index >= 15 is 0 Å². The number of carbonyl (C=O) groups excluding carboxylic acids is 1. The fourth-order valence-corrected chi connectivity index (χ4v) is 3.61. The Kier molecular flexibility index (Phi) is 4.98. The van der Waals surface area contributed by atoms with Crippen LogP contribution in [0.25, 0.3) is 0 Å². The number of nitrogens with zero attached hydrogens (tertiary/aromatic N) is 3. The normalized spacial score (nSPS) is 12.4. The first-order valence-electron chi connectivity index (χ1n) is 8.91. The van der Waals surface area contributed by atoms with Gasteiger partial charge in [0.2, 0.25) is 0 Å². The van der Waals surface area contributed by atoms with Gasteiger partial charge in [0.25, 0.3) is 5.91 Å².